The number of hydrogen-bond donors (Lipinski definition) is 0. The normalized spacial score (nSPS) is 15.1. The molecule has 1 aliphatic carbocycles. The molecule has 0 heteroatoms. The van der Waals surface area contributed by atoms with Gasteiger partial charge < -0.3 is 0 Å². The minimum Gasteiger partial charge on any atom is -0.0991 e. The zero-order chi connectivity index (χ0) is 37.4. The van der Waals surface area contributed by atoms with Crippen molar-refractivity contribution >= 4 is 28.4 Å². The molecule has 0 fully saturated rings. The van der Waals surface area contributed by atoms with Crippen LogP contribution in [-0.2, 0) is 0 Å². The second kappa shape index (κ2) is 19.2. The SMILES string of the molecule is C=CC=CC=Cc1cccc(C(=CC(=CC=C)c2ccccc2)c2ccccc2C(=CC(=CC=C)c2ccccc2)c2cccc(C3C=CC=CC3)c2)c1. The van der Waals surface area contributed by atoms with Crippen LogP contribution in [0.4, 0.5) is 0 Å². The highest BCUT2D eigenvalue weighted by Gasteiger charge is 2.18. The Labute approximate surface area is 322 Å². The summed E-state index contributed by atoms with van der Waals surface area (Å²) in [5.74, 6) is 0.328. The van der Waals surface area contributed by atoms with E-state index in [1.54, 1.807) is 6.08 Å². The summed E-state index contributed by atoms with van der Waals surface area (Å²) in [6.45, 7) is 12.0. The van der Waals surface area contributed by atoms with E-state index in [1.165, 1.54) is 5.56 Å². The summed E-state index contributed by atoms with van der Waals surface area (Å²) >= 11 is 0. The van der Waals surface area contributed by atoms with Gasteiger partial charge in [-0.3, -0.25) is 0 Å². The fourth-order valence-corrected chi connectivity index (χ4v) is 6.75. The van der Waals surface area contributed by atoms with E-state index in [0.717, 1.165) is 67.7 Å². The van der Waals surface area contributed by atoms with Crippen molar-refractivity contribution in [2.24, 2.45) is 0 Å². The van der Waals surface area contributed by atoms with Crippen LogP contribution in [0.25, 0.3) is 28.4 Å². The third-order valence-electron chi connectivity index (χ3n) is 9.37. The molecule has 5 aromatic carbocycles. The average Bonchev–Trinajstić information content (AvgIpc) is 3.24. The van der Waals surface area contributed by atoms with Gasteiger partial charge >= 0.3 is 0 Å². The van der Waals surface area contributed by atoms with Crippen molar-refractivity contribution in [2.75, 3.05) is 0 Å². The summed E-state index contributed by atoms with van der Waals surface area (Å²) in [7, 11) is 0. The van der Waals surface area contributed by atoms with Crippen LogP contribution in [0.2, 0.25) is 0 Å². The Morgan fingerprint density at radius 3 is 1.61 bits per heavy atom. The Balaban J connectivity index is 1.62. The minimum absolute atomic E-state index is 0.328. The lowest BCUT2D eigenvalue weighted by molar-refractivity contribution is 0.853. The van der Waals surface area contributed by atoms with Crippen molar-refractivity contribution in [1.82, 2.24) is 0 Å². The third kappa shape index (κ3) is 9.56. The second-order valence-electron chi connectivity index (χ2n) is 13.0. The molecule has 0 saturated carbocycles. The van der Waals surface area contributed by atoms with Gasteiger partial charge in [-0.15, -0.1) is 0 Å². The maximum Gasteiger partial charge on any atom is 0.00559 e. The second-order valence-corrected chi connectivity index (χ2v) is 13.0. The van der Waals surface area contributed by atoms with Crippen molar-refractivity contribution < 1.29 is 0 Å². The molecule has 5 aromatic rings. The van der Waals surface area contributed by atoms with Gasteiger partial charge in [-0.1, -0.05) is 226 Å². The lowest BCUT2D eigenvalue weighted by atomic mass is 9.83. The highest BCUT2D eigenvalue weighted by molar-refractivity contribution is 5.99. The molecule has 0 N–H and O–H groups in total. The Hall–Kier alpha value is -6.76. The van der Waals surface area contributed by atoms with Crippen molar-refractivity contribution in [3.63, 3.8) is 0 Å². The van der Waals surface area contributed by atoms with Crippen LogP contribution < -0.4 is 0 Å². The van der Waals surface area contributed by atoms with E-state index in [1.807, 2.05) is 30.4 Å². The van der Waals surface area contributed by atoms with E-state index < -0.39 is 0 Å². The molecule has 0 spiro atoms. The molecule has 0 aromatic heterocycles. The molecule has 1 aliphatic rings. The molecular weight excluding hydrogens is 649 g/mol. The van der Waals surface area contributed by atoms with Crippen molar-refractivity contribution in [2.45, 2.75) is 12.3 Å². The number of hydrogen-bond acceptors (Lipinski definition) is 0. The van der Waals surface area contributed by atoms with Gasteiger partial charge in [0.15, 0.2) is 0 Å². The largest absolute Gasteiger partial charge is 0.0991 e. The van der Waals surface area contributed by atoms with Crippen LogP contribution in [0.5, 0.6) is 0 Å². The summed E-state index contributed by atoms with van der Waals surface area (Å²) in [6.07, 6.45) is 32.3. The molecule has 54 heavy (non-hydrogen) atoms. The quantitative estimate of drug-likeness (QED) is 0.102. The molecule has 0 nitrogen and oxygen atoms in total. The van der Waals surface area contributed by atoms with Gasteiger partial charge in [0.1, 0.15) is 0 Å². The predicted molar refractivity (Wildman–Crippen MR) is 237 cm³/mol. The van der Waals surface area contributed by atoms with E-state index in [2.05, 4.69) is 208 Å². The monoisotopic (exact) mass is 694 g/mol. The van der Waals surface area contributed by atoms with Gasteiger partial charge in [0.25, 0.3) is 0 Å². The van der Waals surface area contributed by atoms with E-state index in [0.29, 0.717) is 5.92 Å². The van der Waals surface area contributed by atoms with Crippen LogP contribution in [0, 0.1) is 0 Å². The summed E-state index contributed by atoms with van der Waals surface area (Å²) in [6, 6.07) is 47.6. The van der Waals surface area contributed by atoms with Gasteiger partial charge in [0.05, 0.1) is 0 Å². The molecule has 0 saturated heterocycles. The number of rotatable bonds is 14. The van der Waals surface area contributed by atoms with Crippen LogP contribution in [-0.4, -0.2) is 0 Å². The van der Waals surface area contributed by atoms with E-state index in [9.17, 15) is 0 Å². The third-order valence-corrected chi connectivity index (χ3v) is 9.37. The van der Waals surface area contributed by atoms with Crippen LogP contribution in [0.1, 0.15) is 56.8 Å². The molecule has 0 radical (unpaired) electrons. The van der Waals surface area contributed by atoms with Gasteiger partial charge in [-0.05, 0) is 91.4 Å². The van der Waals surface area contributed by atoms with Gasteiger partial charge in [-0.2, -0.15) is 0 Å². The van der Waals surface area contributed by atoms with Gasteiger partial charge in [0.2, 0.25) is 0 Å². The molecule has 1 atom stereocenters. The lowest BCUT2D eigenvalue weighted by Crippen LogP contribution is -2.01. The molecule has 0 aliphatic heterocycles. The highest BCUT2D eigenvalue weighted by Crippen LogP contribution is 2.38. The maximum atomic E-state index is 4.10. The Morgan fingerprint density at radius 2 is 1.06 bits per heavy atom. The Bertz CT molecular complexity index is 2330. The van der Waals surface area contributed by atoms with Crippen LogP contribution in [0.15, 0.2) is 238 Å². The van der Waals surface area contributed by atoms with Crippen LogP contribution in [0.3, 0.4) is 0 Å². The Morgan fingerprint density at radius 1 is 0.500 bits per heavy atom. The Kier molecular flexibility index (Phi) is 13.1. The van der Waals surface area contributed by atoms with Crippen molar-refractivity contribution in [3.05, 3.63) is 283 Å². The first-order chi connectivity index (χ1) is 26.7. The molecular formula is C54H46. The summed E-state index contributed by atoms with van der Waals surface area (Å²) in [4.78, 5) is 0. The van der Waals surface area contributed by atoms with Crippen molar-refractivity contribution in [3.8, 4) is 0 Å². The summed E-state index contributed by atoms with van der Waals surface area (Å²) in [5, 5.41) is 0. The average molecular weight is 695 g/mol. The van der Waals surface area contributed by atoms with Crippen molar-refractivity contribution in [1.29, 1.82) is 0 Å². The first-order valence-electron chi connectivity index (χ1n) is 18.5. The van der Waals surface area contributed by atoms with E-state index >= 15 is 0 Å². The maximum absolute atomic E-state index is 4.10. The fourth-order valence-electron chi connectivity index (χ4n) is 6.75. The van der Waals surface area contributed by atoms with Gasteiger partial charge in [-0.25, -0.2) is 0 Å². The summed E-state index contributed by atoms with van der Waals surface area (Å²) in [5.41, 5.74) is 13.6. The number of benzene rings is 5. The molecule has 0 bridgehead atoms. The van der Waals surface area contributed by atoms with Gasteiger partial charge in [0, 0.05) is 5.92 Å². The molecule has 0 amide bonds. The smallest absolute Gasteiger partial charge is 0.00559 e. The lowest BCUT2D eigenvalue weighted by Gasteiger charge is -2.20. The standard InChI is InChI=1S/C54H46/c1-4-7-8-12-25-42-26-21-34-49(38-42)53(40-46(23-5-2)43-27-13-9-14-28-43)51-36-19-20-37-52(51)54(41-47(24-6-3)44-29-15-10-16-30-44)50-35-22-33-48(39-50)45-31-17-11-18-32-45/h4-31,33-41,45H,1-3,32H2. The zero-order valence-corrected chi connectivity index (χ0v) is 30.8. The first kappa shape index (κ1) is 37.0. The topological polar surface area (TPSA) is 0 Å². The van der Waals surface area contributed by atoms with Crippen LogP contribution >= 0.6 is 0 Å². The molecule has 1 unspecified atom stereocenters. The summed E-state index contributed by atoms with van der Waals surface area (Å²) < 4.78 is 0. The first-order valence-corrected chi connectivity index (χ1v) is 18.5. The zero-order valence-electron chi connectivity index (χ0n) is 30.8. The van der Waals surface area contributed by atoms with E-state index in [-0.39, 0.29) is 0 Å². The predicted octanol–water partition coefficient (Wildman–Crippen LogP) is 14.4. The minimum atomic E-state index is 0.328. The van der Waals surface area contributed by atoms with E-state index in [4.69, 9.17) is 0 Å². The highest BCUT2D eigenvalue weighted by atomic mass is 14.2. The fraction of sp³-hybridized carbons (Fsp3) is 0.0370. The molecule has 262 valence electrons. The molecule has 6 rings (SSSR count). The molecule has 0 heterocycles. The number of allylic oxidation sites excluding steroid dienone is 16.